The maximum Gasteiger partial charge on any atom is 0.413 e. The highest BCUT2D eigenvalue weighted by Crippen LogP contribution is 2.38. The minimum absolute atomic E-state index is 0.0380. The highest BCUT2D eigenvalue weighted by atomic mass is 35.5. The molecule has 0 fully saturated rings. The fourth-order valence-electron chi connectivity index (χ4n) is 2.92. The molecule has 1 atom stereocenters. The molecule has 1 unspecified atom stereocenters. The lowest BCUT2D eigenvalue weighted by atomic mass is 9.87. The summed E-state index contributed by atoms with van der Waals surface area (Å²) in [7, 11) is 0. The van der Waals surface area contributed by atoms with E-state index in [0.717, 1.165) is 12.1 Å². The molecule has 11 heteroatoms. The quantitative estimate of drug-likeness (QED) is 0.513. The van der Waals surface area contributed by atoms with Gasteiger partial charge >= 0.3 is 12.3 Å². The third-order valence-electron chi connectivity index (χ3n) is 4.86. The van der Waals surface area contributed by atoms with E-state index in [9.17, 15) is 22.4 Å². The number of aromatic nitrogens is 1. The van der Waals surface area contributed by atoms with Crippen molar-refractivity contribution in [2.24, 2.45) is 11.5 Å². The minimum atomic E-state index is -4.92. The molecule has 1 aromatic carbocycles. The highest BCUT2D eigenvalue weighted by Gasteiger charge is 2.54. The number of nitrogens with zero attached hydrogens (tertiary/aromatic N) is 1. The van der Waals surface area contributed by atoms with E-state index in [4.69, 9.17) is 27.8 Å². The normalized spacial score (nSPS) is 14.5. The Bertz CT molecular complexity index is 1040. The van der Waals surface area contributed by atoms with Gasteiger partial charge in [-0.15, -0.1) is 0 Å². The van der Waals surface area contributed by atoms with Crippen LogP contribution in [-0.4, -0.2) is 29.4 Å². The molecular weight excluding hydrogens is 464 g/mol. The molecule has 5 N–H and O–H groups in total. The minimum Gasteiger partial charge on any atom is -0.444 e. The van der Waals surface area contributed by atoms with E-state index in [2.05, 4.69) is 10.3 Å². The van der Waals surface area contributed by atoms with Gasteiger partial charge in [0.15, 0.2) is 5.54 Å². The average Bonchev–Trinajstić information content (AvgIpc) is 2.66. The van der Waals surface area contributed by atoms with Crippen molar-refractivity contribution >= 4 is 17.7 Å². The number of nitrogens with two attached hydrogens (primary N) is 2. The van der Waals surface area contributed by atoms with Gasteiger partial charge in [-0.25, -0.2) is 9.18 Å². The number of carbonyl (C=O) groups excluding carboxylic acids is 1. The van der Waals surface area contributed by atoms with E-state index in [-0.39, 0.29) is 21.8 Å². The van der Waals surface area contributed by atoms with Crippen LogP contribution in [0.1, 0.15) is 45.9 Å². The predicted octanol–water partition coefficient (Wildman–Crippen LogP) is 4.98. The van der Waals surface area contributed by atoms with Crippen molar-refractivity contribution in [3.8, 4) is 11.3 Å². The molecule has 0 aliphatic carbocycles. The summed E-state index contributed by atoms with van der Waals surface area (Å²) < 4.78 is 60.5. The van der Waals surface area contributed by atoms with Gasteiger partial charge in [0, 0.05) is 12.1 Å². The number of rotatable bonds is 5. The number of hydrogen-bond acceptors (Lipinski definition) is 5. The number of carbonyl (C=O) groups is 1. The predicted molar refractivity (Wildman–Crippen MR) is 118 cm³/mol. The molecule has 0 radical (unpaired) electrons. The van der Waals surface area contributed by atoms with E-state index in [1.807, 2.05) is 0 Å². The van der Waals surface area contributed by atoms with Gasteiger partial charge in [0.1, 0.15) is 11.4 Å². The molecular formula is C22H27ClF4N4O2. The van der Waals surface area contributed by atoms with Gasteiger partial charge in [-0.1, -0.05) is 11.6 Å². The SMILES string of the molecule is CC(C)(C)OC(=O)NC(C)(C)c1cc(-c2ccc(F)c(Cl)c2)nc(C(N)(CN)C(F)(F)F)c1. The van der Waals surface area contributed by atoms with Crippen LogP contribution in [0.3, 0.4) is 0 Å². The van der Waals surface area contributed by atoms with E-state index < -0.39 is 47.0 Å². The van der Waals surface area contributed by atoms with Crippen molar-refractivity contribution in [2.45, 2.75) is 57.5 Å². The van der Waals surface area contributed by atoms with Crippen molar-refractivity contribution in [3.05, 3.63) is 52.4 Å². The Morgan fingerprint density at radius 1 is 1.12 bits per heavy atom. The van der Waals surface area contributed by atoms with Crippen molar-refractivity contribution < 1.29 is 27.1 Å². The number of alkyl halides is 3. The van der Waals surface area contributed by atoms with Gasteiger partial charge in [-0.3, -0.25) is 4.98 Å². The molecule has 0 spiro atoms. The number of hydrogen-bond donors (Lipinski definition) is 3. The first-order chi connectivity index (χ1) is 14.9. The molecule has 0 aliphatic rings. The van der Waals surface area contributed by atoms with Crippen LogP contribution in [-0.2, 0) is 15.8 Å². The van der Waals surface area contributed by atoms with E-state index in [0.29, 0.717) is 0 Å². The van der Waals surface area contributed by atoms with Crippen LogP contribution >= 0.6 is 11.6 Å². The summed E-state index contributed by atoms with van der Waals surface area (Å²) in [6.45, 7) is 7.20. The Kier molecular flexibility index (Phi) is 7.38. The fraction of sp³-hybridized carbons (Fsp3) is 0.455. The number of amides is 1. The molecule has 1 aromatic heterocycles. The lowest BCUT2D eigenvalue weighted by Gasteiger charge is -2.33. The molecule has 33 heavy (non-hydrogen) atoms. The molecule has 2 aromatic rings. The average molecular weight is 491 g/mol. The maximum atomic E-state index is 13.9. The van der Waals surface area contributed by atoms with Gasteiger partial charge < -0.3 is 21.5 Å². The molecule has 0 bridgehead atoms. The number of halogens is 5. The van der Waals surface area contributed by atoms with Crippen LogP contribution in [0.15, 0.2) is 30.3 Å². The zero-order valence-electron chi connectivity index (χ0n) is 18.9. The van der Waals surface area contributed by atoms with Gasteiger partial charge in [0.25, 0.3) is 0 Å². The van der Waals surface area contributed by atoms with Crippen LogP contribution in [0.5, 0.6) is 0 Å². The lowest BCUT2D eigenvalue weighted by molar-refractivity contribution is -0.187. The number of pyridine rings is 1. The Labute approximate surface area is 194 Å². The Morgan fingerprint density at radius 2 is 1.73 bits per heavy atom. The Morgan fingerprint density at radius 3 is 2.21 bits per heavy atom. The molecule has 182 valence electrons. The molecule has 6 nitrogen and oxygen atoms in total. The van der Waals surface area contributed by atoms with Crippen LogP contribution < -0.4 is 16.8 Å². The molecule has 2 rings (SSSR count). The first-order valence-electron chi connectivity index (χ1n) is 9.95. The zero-order valence-corrected chi connectivity index (χ0v) is 19.7. The topological polar surface area (TPSA) is 103 Å². The van der Waals surface area contributed by atoms with Crippen molar-refractivity contribution in [3.63, 3.8) is 0 Å². The Balaban J connectivity index is 2.69. The smallest absolute Gasteiger partial charge is 0.413 e. The summed E-state index contributed by atoms with van der Waals surface area (Å²) >= 11 is 5.85. The summed E-state index contributed by atoms with van der Waals surface area (Å²) in [6, 6.07) is 6.21. The standard InChI is InChI=1S/C22H27ClF4N4O2/c1-19(2,3)33-18(32)31-20(4,5)13-9-16(12-6-7-15(24)14(23)8-12)30-17(10-13)21(29,11-28)22(25,26)27/h6-10H,11,28-29H2,1-5H3,(H,31,32). The van der Waals surface area contributed by atoms with E-state index in [1.165, 1.54) is 18.2 Å². The van der Waals surface area contributed by atoms with Crippen LogP contribution in [0.2, 0.25) is 5.02 Å². The second-order valence-corrected chi connectivity index (χ2v) is 9.59. The van der Waals surface area contributed by atoms with Crippen LogP contribution in [0, 0.1) is 5.82 Å². The lowest BCUT2D eigenvalue weighted by Crippen LogP contribution is -2.56. The van der Waals surface area contributed by atoms with Crippen LogP contribution in [0.4, 0.5) is 22.4 Å². The van der Waals surface area contributed by atoms with E-state index >= 15 is 0 Å². The molecule has 0 aliphatic heterocycles. The molecule has 0 saturated carbocycles. The third-order valence-corrected chi connectivity index (χ3v) is 5.15. The largest absolute Gasteiger partial charge is 0.444 e. The van der Waals surface area contributed by atoms with Gasteiger partial charge in [-0.2, -0.15) is 13.2 Å². The fourth-order valence-corrected chi connectivity index (χ4v) is 3.10. The number of nitrogens with one attached hydrogen (secondary N) is 1. The number of alkyl carbamates (subject to hydrolysis) is 1. The van der Waals surface area contributed by atoms with Crippen LogP contribution in [0.25, 0.3) is 11.3 Å². The first-order valence-corrected chi connectivity index (χ1v) is 10.3. The first kappa shape index (κ1) is 26.8. The summed E-state index contributed by atoms with van der Waals surface area (Å²) in [5.41, 5.74) is 6.10. The number of ether oxygens (including phenoxy) is 1. The molecule has 1 heterocycles. The summed E-state index contributed by atoms with van der Waals surface area (Å²) in [5, 5.41) is 2.40. The van der Waals surface area contributed by atoms with Crippen molar-refractivity contribution in [2.75, 3.05) is 6.54 Å². The van der Waals surface area contributed by atoms with Crippen molar-refractivity contribution in [1.82, 2.24) is 10.3 Å². The maximum absolute atomic E-state index is 13.9. The monoisotopic (exact) mass is 490 g/mol. The van der Waals surface area contributed by atoms with Gasteiger partial charge in [0.2, 0.25) is 0 Å². The summed E-state index contributed by atoms with van der Waals surface area (Å²) in [4.78, 5) is 16.4. The summed E-state index contributed by atoms with van der Waals surface area (Å²) in [6.07, 6.45) is -5.70. The van der Waals surface area contributed by atoms with Crippen molar-refractivity contribution in [1.29, 1.82) is 0 Å². The van der Waals surface area contributed by atoms with Gasteiger partial charge in [0.05, 0.1) is 21.9 Å². The third kappa shape index (κ3) is 6.13. The second kappa shape index (κ2) is 9.08. The highest BCUT2D eigenvalue weighted by molar-refractivity contribution is 6.31. The zero-order chi connectivity index (χ0) is 25.4. The molecule has 1 amide bonds. The summed E-state index contributed by atoms with van der Waals surface area (Å²) in [5.74, 6) is -0.700. The molecule has 0 saturated heterocycles. The number of benzene rings is 1. The second-order valence-electron chi connectivity index (χ2n) is 9.18. The van der Waals surface area contributed by atoms with E-state index in [1.54, 1.807) is 34.6 Å². The Hall–Kier alpha value is -2.43. The van der Waals surface area contributed by atoms with Gasteiger partial charge in [-0.05, 0) is 70.5 Å².